The highest BCUT2D eigenvalue weighted by Gasteiger charge is 2.08. The van der Waals surface area contributed by atoms with Gasteiger partial charge in [0, 0.05) is 23.1 Å². The van der Waals surface area contributed by atoms with E-state index in [4.69, 9.17) is 17.2 Å². The van der Waals surface area contributed by atoms with Gasteiger partial charge in [0.05, 0.1) is 0 Å². The SMILES string of the molecule is CC(=O)Nc1ccc(SCCCc2c(N)nc(N)nc2N)cc1. The predicted octanol–water partition coefficient (Wildman–Crippen LogP) is 1.91. The largest absolute Gasteiger partial charge is 0.383 e. The Kier molecular flexibility index (Phi) is 5.64. The lowest BCUT2D eigenvalue weighted by molar-refractivity contribution is -0.114. The summed E-state index contributed by atoms with van der Waals surface area (Å²) in [5.41, 5.74) is 18.7. The van der Waals surface area contributed by atoms with Crippen LogP contribution < -0.4 is 22.5 Å². The van der Waals surface area contributed by atoms with Gasteiger partial charge in [0.1, 0.15) is 11.6 Å². The second kappa shape index (κ2) is 7.68. The van der Waals surface area contributed by atoms with Crippen molar-refractivity contribution in [1.29, 1.82) is 0 Å². The van der Waals surface area contributed by atoms with Gasteiger partial charge in [-0.05, 0) is 42.9 Å². The van der Waals surface area contributed by atoms with Gasteiger partial charge in [-0.2, -0.15) is 9.97 Å². The Hall–Kier alpha value is -2.48. The zero-order chi connectivity index (χ0) is 16.8. The number of amides is 1. The molecule has 1 aromatic carbocycles. The first-order valence-electron chi connectivity index (χ1n) is 7.13. The van der Waals surface area contributed by atoms with Crippen LogP contribution in [0.5, 0.6) is 0 Å². The highest BCUT2D eigenvalue weighted by molar-refractivity contribution is 7.99. The average molecular weight is 332 g/mol. The summed E-state index contributed by atoms with van der Waals surface area (Å²) in [6.07, 6.45) is 1.59. The second-order valence-electron chi connectivity index (χ2n) is 4.99. The van der Waals surface area contributed by atoms with Crippen LogP contribution >= 0.6 is 11.8 Å². The monoisotopic (exact) mass is 332 g/mol. The summed E-state index contributed by atoms with van der Waals surface area (Å²) in [5, 5.41) is 2.74. The van der Waals surface area contributed by atoms with Gasteiger partial charge in [0.15, 0.2) is 0 Å². The van der Waals surface area contributed by atoms with E-state index >= 15 is 0 Å². The molecule has 8 heteroatoms. The fourth-order valence-corrected chi connectivity index (χ4v) is 2.92. The molecule has 1 aromatic heterocycles. The third kappa shape index (κ3) is 5.03. The molecule has 0 fully saturated rings. The Morgan fingerprint density at radius 1 is 1.13 bits per heavy atom. The minimum absolute atomic E-state index is 0.0775. The third-order valence-electron chi connectivity index (χ3n) is 3.10. The van der Waals surface area contributed by atoms with Gasteiger partial charge in [-0.3, -0.25) is 4.79 Å². The lowest BCUT2D eigenvalue weighted by Gasteiger charge is -2.08. The quantitative estimate of drug-likeness (QED) is 0.469. The van der Waals surface area contributed by atoms with Crippen LogP contribution in [0.15, 0.2) is 29.2 Å². The van der Waals surface area contributed by atoms with E-state index in [1.807, 2.05) is 24.3 Å². The molecular formula is C15H20N6OS. The smallest absolute Gasteiger partial charge is 0.223 e. The number of nitrogens with two attached hydrogens (primary N) is 3. The van der Waals surface area contributed by atoms with Crippen LogP contribution in [-0.4, -0.2) is 21.6 Å². The number of carbonyl (C=O) groups excluding carboxylic acids is 1. The molecule has 0 radical (unpaired) electrons. The van der Waals surface area contributed by atoms with Crippen molar-refractivity contribution in [3.8, 4) is 0 Å². The van der Waals surface area contributed by atoms with Crippen LogP contribution in [0.1, 0.15) is 18.9 Å². The fraction of sp³-hybridized carbons (Fsp3) is 0.267. The van der Waals surface area contributed by atoms with Crippen LogP contribution in [-0.2, 0) is 11.2 Å². The van der Waals surface area contributed by atoms with Crippen molar-refractivity contribution in [3.63, 3.8) is 0 Å². The van der Waals surface area contributed by atoms with Crippen molar-refractivity contribution in [3.05, 3.63) is 29.8 Å². The number of hydrogen-bond acceptors (Lipinski definition) is 7. The molecule has 0 aliphatic carbocycles. The maximum Gasteiger partial charge on any atom is 0.223 e. The zero-order valence-corrected chi connectivity index (χ0v) is 13.7. The van der Waals surface area contributed by atoms with Gasteiger partial charge in [0.25, 0.3) is 0 Å². The highest BCUT2D eigenvalue weighted by Crippen LogP contribution is 2.23. The van der Waals surface area contributed by atoms with Gasteiger partial charge in [-0.25, -0.2) is 0 Å². The Morgan fingerprint density at radius 2 is 1.74 bits per heavy atom. The molecule has 2 aromatic rings. The second-order valence-corrected chi connectivity index (χ2v) is 6.16. The van der Waals surface area contributed by atoms with Gasteiger partial charge in [0.2, 0.25) is 11.9 Å². The van der Waals surface area contributed by atoms with E-state index in [1.54, 1.807) is 11.8 Å². The molecule has 0 unspecified atom stereocenters. The number of thioether (sulfide) groups is 1. The summed E-state index contributed by atoms with van der Waals surface area (Å²) in [6.45, 7) is 1.49. The summed E-state index contributed by atoms with van der Waals surface area (Å²) in [6, 6.07) is 7.72. The van der Waals surface area contributed by atoms with E-state index in [9.17, 15) is 4.79 Å². The van der Waals surface area contributed by atoms with Crippen LogP contribution in [0, 0.1) is 0 Å². The Bertz CT molecular complexity index is 666. The molecule has 1 heterocycles. The van der Waals surface area contributed by atoms with Crippen molar-refractivity contribution in [2.24, 2.45) is 0 Å². The van der Waals surface area contributed by atoms with Crippen molar-refractivity contribution < 1.29 is 4.79 Å². The number of carbonyl (C=O) groups is 1. The van der Waals surface area contributed by atoms with Crippen molar-refractivity contribution in [1.82, 2.24) is 9.97 Å². The van der Waals surface area contributed by atoms with Crippen LogP contribution in [0.25, 0.3) is 0 Å². The third-order valence-corrected chi connectivity index (χ3v) is 4.20. The van der Waals surface area contributed by atoms with E-state index < -0.39 is 0 Å². The number of nitrogens with zero attached hydrogens (tertiary/aromatic N) is 2. The highest BCUT2D eigenvalue weighted by atomic mass is 32.2. The number of nitrogens with one attached hydrogen (secondary N) is 1. The molecule has 7 nitrogen and oxygen atoms in total. The minimum Gasteiger partial charge on any atom is -0.383 e. The molecule has 0 spiro atoms. The maximum absolute atomic E-state index is 11.0. The summed E-state index contributed by atoms with van der Waals surface area (Å²) in [4.78, 5) is 20.0. The topological polar surface area (TPSA) is 133 Å². The summed E-state index contributed by atoms with van der Waals surface area (Å²) in [5.74, 6) is 1.62. The molecule has 1 amide bonds. The summed E-state index contributed by atoms with van der Waals surface area (Å²) < 4.78 is 0. The normalized spacial score (nSPS) is 10.5. The Labute approximate surface area is 139 Å². The molecule has 0 saturated heterocycles. The molecule has 122 valence electrons. The minimum atomic E-state index is -0.0775. The summed E-state index contributed by atoms with van der Waals surface area (Å²) >= 11 is 1.72. The molecule has 0 aliphatic heterocycles. The van der Waals surface area contributed by atoms with Gasteiger partial charge in [-0.1, -0.05) is 0 Å². The number of rotatable bonds is 6. The predicted molar refractivity (Wildman–Crippen MR) is 95.1 cm³/mol. The van der Waals surface area contributed by atoms with Crippen molar-refractivity contribution >= 4 is 40.9 Å². The Morgan fingerprint density at radius 3 is 2.30 bits per heavy atom. The van der Waals surface area contributed by atoms with Crippen molar-refractivity contribution in [2.45, 2.75) is 24.7 Å². The van der Waals surface area contributed by atoms with Crippen LogP contribution in [0.4, 0.5) is 23.3 Å². The van der Waals surface area contributed by atoms with E-state index in [-0.39, 0.29) is 11.9 Å². The molecule has 0 bridgehead atoms. The molecule has 2 rings (SSSR count). The standard InChI is InChI=1S/C15H20N6OS/c1-9(22)19-10-4-6-11(7-5-10)23-8-2-3-12-13(16)20-15(18)21-14(12)17/h4-7H,2-3,8H2,1H3,(H,19,22)(H6,16,17,18,20,21). The molecule has 0 saturated carbocycles. The van der Waals surface area contributed by atoms with E-state index in [0.29, 0.717) is 18.1 Å². The molecule has 23 heavy (non-hydrogen) atoms. The van der Waals surface area contributed by atoms with E-state index in [1.165, 1.54) is 6.92 Å². The number of anilines is 4. The average Bonchev–Trinajstić information content (AvgIpc) is 2.46. The van der Waals surface area contributed by atoms with E-state index in [2.05, 4.69) is 15.3 Å². The maximum atomic E-state index is 11.0. The van der Waals surface area contributed by atoms with Gasteiger partial charge >= 0.3 is 0 Å². The van der Waals surface area contributed by atoms with E-state index in [0.717, 1.165) is 28.3 Å². The molecule has 7 N–H and O–H groups in total. The zero-order valence-electron chi connectivity index (χ0n) is 12.9. The fourth-order valence-electron chi connectivity index (χ4n) is 2.07. The number of nitrogen functional groups attached to an aromatic ring is 3. The molecular weight excluding hydrogens is 312 g/mol. The lowest BCUT2D eigenvalue weighted by atomic mass is 10.1. The first-order valence-corrected chi connectivity index (χ1v) is 8.12. The van der Waals surface area contributed by atoms with Crippen LogP contribution in [0.3, 0.4) is 0 Å². The number of benzene rings is 1. The molecule has 0 atom stereocenters. The van der Waals surface area contributed by atoms with Gasteiger partial charge in [-0.15, -0.1) is 11.8 Å². The lowest BCUT2D eigenvalue weighted by Crippen LogP contribution is -2.09. The number of hydrogen-bond donors (Lipinski definition) is 4. The molecule has 0 aliphatic rings. The number of aromatic nitrogens is 2. The Balaban J connectivity index is 1.83. The first-order chi connectivity index (χ1) is 11.0. The van der Waals surface area contributed by atoms with Crippen molar-refractivity contribution in [2.75, 3.05) is 28.3 Å². The van der Waals surface area contributed by atoms with Gasteiger partial charge < -0.3 is 22.5 Å². The first kappa shape index (κ1) is 16.9. The van der Waals surface area contributed by atoms with Crippen LogP contribution in [0.2, 0.25) is 0 Å². The summed E-state index contributed by atoms with van der Waals surface area (Å²) in [7, 11) is 0.